The summed E-state index contributed by atoms with van der Waals surface area (Å²) in [6, 6.07) is 0.221. The van der Waals surface area contributed by atoms with E-state index in [0.29, 0.717) is 6.54 Å². The number of aryl methyl sites for hydroxylation is 1. The Kier molecular flexibility index (Phi) is 5.15. The number of hydrogen-bond donors (Lipinski definition) is 2. The Morgan fingerprint density at radius 3 is 2.76 bits per heavy atom. The Hall–Kier alpha value is -0.870. The van der Waals surface area contributed by atoms with Crippen molar-refractivity contribution in [3.63, 3.8) is 0 Å². The van der Waals surface area contributed by atoms with Crippen LogP contribution < -0.4 is 5.32 Å². The third-order valence-corrected chi connectivity index (χ3v) is 3.05. The first kappa shape index (κ1) is 14.2. The largest absolute Gasteiger partial charge is 0.389 e. The number of aromatic nitrogens is 2. The lowest BCUT2D eigenvalue weighted by Gasteiger charge is -2.25. The van der Waals surface area contributed by atoms with E-state index in [1.807, 2.05) is 24.0 Å². The van der Waals surface area contributed by atoms with Gasteiger partial charge in [-0.25, -0.2) is 0 Å². The first-order chi connectivity index (χ1) is 7.98. The Morgan fingerprint density at radius 1 is 1.53 bits per heavy atom. The van der Waals surface area contributed by atoms with E-state index in [-0.39, 0.29) is 6.04 Å². The maximum atomic E-state index is 10.1. The molecule has 2 atom stereocenters. The third-order valence-electron chi connectivity index (χ3n) is 3.05. The maximum Gasteiger partial charge on any atom is 0.0743 e. The van der Waals surface area contributed by atoms with Gasteiger partial charge in [-0.3, -0.25) is 4.68 Å². The molecule has 0 aliphatic rings. The van der Waals surface area contributed by atoms with Crippen molar-refractivity contribution in [2.75, 3.05) is 6.54 Å². The Labute approximate surface area is 104 Å². The fourth-order valence-electron chi connectivity index (χ4n) is 1.89. The van der Waals surface area contributed by atoms with Crippen molar-refractivity contribution in [2.24, 2.45) is 0 Å². The van der Waals surface area contributed by atoms with Gasteiger partial charge in [0.05, 0.1) is 11.8 Å². The summed E-state index contributed by atoms with van der Waals surface area (Å²) in [5, 5.41) is 17.7. The monoisotopic (exact) mass is 239 g/mol. The molecule has 0 radical (unpaired) electrons. The molecule has 4 nitrogen and oxygen atoms in total. The molecular formula is C13H25N3O. The van der Waals surface area contributed by atoms with Gasteiger partial charge in [0.15, 0.2) is 0 Å². The molecule has 2 N–H and O–H groups in total. The van der Waals surface area contributed by atoms with Gasteiger partial charge in [-0.15, -0.1) is 0 Å². The van der Waals surface area contributed by atoms with Gasteiger partial charge in [-0.05, 0) is 27.2 Å². The molecule has 0 saturated heterocycles. The minimum Gasteiger partial charge on any atom is -0.389 e. The number of hydrogen-bond acceptors (Lipinski definition) is 3. The SMILES string of the molecule is CCCC(C)(O)CNC(C)c1cnn(CC)c1. The summed E-state index contributed by atoms with van der Waals surface area (Å²) in [5.41, 5.74) is 0.545. The Bertz CT molecular complexity index is 333. The van der Waals surface area contributed by atoms with E-state index in [1.165, 1.54) is 5.56 Å². The molecule has 0 fully saturated rings. The van der Waals surface area contributed by atoms with Crippen molar-refractivity contribution < 1.29 is 5.11 Å². The molecule has 1 aromatic heterocycles. The number of nitrogens with one attached hydrogen (secondary N) is 1. The molecule has 0 bridgehead atoms. The average Bonchev–Trinajstić information content (AvgIpc) is 2.74. The molecule has 98 valence electrons. The van der Waals surface area contributed by atoms with Gasteiger partial charge < -0.3 is 10.4 Å². The van der Waals surface area contributed by atoms with Gasteiger partial charge in [-0.2, -0.15) is 5.10 Å². The molecule has 0 aliphatic heterocycles. The summed E-state index contributed by atoms with van der Waals surface area (Å²) in [6.07, 6.45) is 5.75. The van der Waals surface area contributed by atoms with Crippen LogP contribution in [0, 0.1) is 0 Å². The molecule has 1 heterocycles. The van der Waals surface area contributed by atoms with Gasteiger partial charge in [0.1, 0.15) is 0 Å². The van der Waals surface area contributed by atoms with Crippen LogP contribution >= 0.6 is 0 Å². The van der Waals surface area contributed by atoms with Crippen LogP contribution in [-0.2, 0) is 6.54 Å². The summed E-state index contributed by atoms with van der Waals surface area (Å²) in [7, 11) is 0. The zero-order valence-corrected chi connectivity index (χ0v) is 11.4. The van der Waals surface area contributed by atoms with Crippen LogP contribution in [-0.4, -0.2) is 27.0 Å². The second-order valence-electron chi connectivity index (χ2n) is 4.98. The lowest BCUT2D eigenvalue weighted by atomic mass is 10.00. The number of rotatable bonds is 7. The zero-order valence-electron chi connectivity index (χ0n) is 11.4. The van der Waals surface area contributed by atoms with Gasteiger partial charge in [0.25, 0.3) is 0 Å². The summed E-state index contributed by atoms with van der Waals surface area (Å²) >= 11 is 0. The van der Waals surface area contributed by atoms with Gasteiger partial charge >= 0.3 is 0 Å². The molecule has 4 heteroatoms. The molecule has 1 rings (SSSR count). The molecule has 0 aliphatic carbocycles. The van der Waals surface area contributed by atoms with Crippen LogP contribution in [0.2, 0.25) is 0 Å². The van der Waals surface area contributed by atoms with Crippen LogP contribution in [0.1, 0.15) is 52.1 Å². The fraction of sp³-hybridized carbons (Fsp3) is 0.769. The Morgan fingerprint density at radius 2 is 2.24 bits per heavy atom. The van der Waals surface area contributed by atoms with E-state index in [2.05, 4.69) is 31.2 Å². The highest BCUT2D eigenvalue weighted by molar-refractivity contribution is 5.09. The molecule has 0 saturated carbocycles. The van der Waals surface area contributed by atoms with Crippen LogP contribution in [0.3, 0.4) is 0 Å². The molecule has 0 amide bonds. The molecule has 1 aromatic rings. The van der Waals surface area contributed by atoms with Crippen molar-refractivity contribution in [2.45, 2.75) is 58.7 Å². The van der Waals surface area contributed by atoms with Gasteiger partial charge in [0, 0.05) is 30.9 Å². The van der Waals surface area contributed by atoms with Crippen LogP contribution in [0.15, 0.2) is 12.4 Å². The van der Waals surface area contributed by atoms with E-state index >= 15 is 0 Å². The van der Waals surface area contributed by atoms with Crippen molar-refractivity contribution in [1.29, 1.82) is 0 Å². The highest BCUT2D eigenvalue weighted by Gasteiger charge is 2.20. The number of aliphatic hydroxyl groups is 1. The smallest absolute Gasteiger partial charge is 0.0743 e. The Balaban J connectivity index is 2.46. The van der Waals surface area contributed by atoms with Crippen molar-refractivity contribution in [3.05, 3.63) is 18.0 Å². The highest BCUT2D eigenvalue weighted by Crippen LogP contribution is 2.15. The van der Waals surface area contributed by atoms with Crippen LogP contribution in [0.5, 0.6) is 0 Å². The summed E-state index contributed by atoms with van der Waals surface area (Å²) in [5.74, 6) is 0. The molecular weight excluding hydrogens is 214 g/mol. The topological polar surface area (TPSA) is 50.1 Å². The molecule has 17 heavy (non-hydrogen) atoms. The minimum atomic E-state index is -0.621. The lowest BCUT2D eigenvalue weighted by Crippen LogP contribution is -2.38. The van der Waals surface area contributed by atoms with Gasteiger partial charge in [-0.1, -0.05) is 13.3 Å². The molecule has 2 unspecified atom stereocenters. The van der Waals surface area contributed by atoms with E-state index in [1.54, 1.807) is 0 Å². The second-order valence-corrected chi connectivity index (χ2v) is 4.98. The van der Waals surface area contributed by atoms with E-state index in [4.69, 9.17) is 0 Å². The predicted octanol–water partition coefficient (Wildman–Crippen LogP) is 2.10. The lowest BCUT2D eigenvalue weighted by molar-refractivity contribution is 0.0476. The van der Waals surface area contributed by atoms with Gasteiger partial charge in [0.2, 0.25) is 0 Å². The zero-order chi connectivity index (χ0) is 12.9. The predicted molar refractivity (Wildman–Crippen MR) is 69.9 cm³/mol. The molecule has 0 spiro atoms. The maximum absolute atomic E-state index is 10.1. The summed E-state index contributed by atoms with van der Waals surface area (Å²) in [4.78, 5) is 0. The quantitative estimate of drug-likeness (QED) is 0.766. The summed E-state index contributed by atoms with van der Waals surface area (Å²) in [6.45, 7) is 9.63. The van der Waals surface area contributed by atoms with Crippen LogP contribution in [0.25, 0.3) is 0 Å². The van der Waals surface area contributed by atoms with Crippen LogP contribution in [0.4, 0.5) is 0 Å². The van der Waals surface area contributed by atoms with E-state index < -0.39 is 5.60 Å². The first-order valence-corrected chi connectivity index (χ1v) is 6.46. The van der Waals surface area contributed by atoms with Crippen molar-refractivity contribution in [1.82, 2.24) is 15.1 Å². The normalized spacial score (nSPS) is 16.8. The highest BCUT2D eigenvalue weighted by atomic mass is 16.3. The third kappa shape index (κ3) is 4.48. The fourth-order valence-corrected chi connectivity index (χ4v) is 1.89. The van der Waals surface area contributed by atoms with E-state index in [9.17, 15) is 5.11 Å². The summed E-state index contributed by atoms with van der Waals surface area (Å²) < 4.78 is 1.91. The molecule has 0 aromatic carbocycles. The second kappa shape index (κ2) is 6.17. The number of nitrogens with zero attached hydrogens (tertiary/aromatic N) is 2. The standard InChI is InChI=1S/C13H25N3O/c1-5-7-13(4,17)10-14-11(3)12-8-15-16(6-2)9-12/h8-9,11,14,17H,5-7,10H2,1-4H3. The average molecular weight is 239 g/mol. The van der Waals surface area contributed by atoms with Crippen molar-refractivity contribution in [3.8, 4) is 0 Å². The minimum absolute atomic E-state index is 0.221. The first-order valence-electron chi connectivity index (χ1n) is 6.46. The van der Waals surface area contributed by atoms with Crippen molar-refractivity contribution >= 4 is 0 Å². The van der Waals surface area contributed by atoms with E-state index in [0.717, 1.165) is 19.4 Å².